The molecule has 0 atom stereocenters. The van der Waals surface area contributed by atoms with Crippen molar-refractivity contribution in [3.05, 3.63) is 83.5 Å². The van der Waals surface area contributed by atoms with E-state index in [4.69, 9.17) is 4.74 Å². The Morgan fingerprint density at radius 2 is 1.81 bits per heavy atom. The molecule has 214 valence electrons. The molecule has 0 radical (unpaired) electrons. The summed E-state index contributed by atoms with van der Waals surface area (Å²) in [5, 5.41) is 12.5. The molecular formula is C31H27FN4O4S2. The highest BCUT2D eigenvalue weighted by atomic mass is 32.2. The monoisotopic (exact) mass is 602 g/mol. The van der Waals surface area contributed by atoms with Gasteiger partial charge in [-0.2, -0.15) is 0 Å². The van der Waals surface area contributed by atoms with Crippen LogP contribution in [0.5, 0.6) is 5.75 Å². The lowest BCUT2D eigenvalue weighted by atomic mass is 9.81. The van der Waals surface area contributed by atoms with Crippen LogP contribution in [0.25, 0.3) is 43.6 Å². The molecule has 42 heavy (non-hydrogen) atoms. The van der Waals surface area contributed by atoms with Gasteiger partial charge in [0.1, 0.15) is 16.4 Å². The summed E-state index contributed by atoms with van der Waals surface area (Å²) < 4.78 is 52.9. The zero-order chi connectivity index (χ0) is 29.4. The van der Waals surface area contributed by atoms with Crippen LogP contribution in [-0.2, 0) is 22.7 Å². The topological polar surface area (TPSA) is 99.2 Å². The zero-order valence-corrected chi connectivity index (χ0v) is 24.8. The third-order valence-electron chi connectivity index (χ3n) is 8.10. The first-order valence-electron chi connectivity index (χ1n) is 13.5. The molecule has 1 fully saturated rings. The number of rotatable bonds is 6. The number of methoxy groups -OCH3 is 1. The Kier molecular flexibility index (Phi) is 6.05. The van der Waals surface area contributed by atoms with Crippen molar-refractivity contribution in [2.75, 3.05) is 7.11 Å². The lowest BCUT2D eigenvalue weighted by Crippen LogP contribution is -2.33. The van der Waals surface area contributed by atoms with Crippen LogP contribution in [0.1, 0.15) is 29.8 Å². The van der Waals surface area contributed by atoms with Gasteiger partial charge >= 0.3 is 0 Å². The largest absolute Gasteiger partial charge is 0.497 e. The average molecular weight is 603 g/mol. The molecule has 6 aromatic rings. The number of aliphatic hydroxyl groups is 1. The summed E-state index contributed by atoms with van der Waals surface area (Å²) in [7, 11) is -0.722. The first-order chi connectivity index (χ1) is 20.1. The van der Waals surface area contributed by atoms with Crippen molar-refractivity contribution in [1.82, 2.24) is 18.5 Å². The maximum Gasteiger partial charge on any atom is 0.269 e. The number of thiazole rings is 1. The molecule has 0 spiro atoms. The van der Waals surface area contributed by atoms with Crippen LogP contribution in [0.3, 0.4) is 0 Å². The highest BCUT2D eigenvalue weighted by molar-refractivity contribution is 7.90. The molecule has 0 unspecified atom stereocenters. The summed E-state index contributed by atoms with van der Waals surface area (Å²) >= 11 is 1.22. The second-order valence-electron chi connectivity index (χ2n) is 10.8. The Morgan fingerprint density at radius 1 is 1.05 bits per heavy atom. The summed E-state index contributed by atoms with van der Waals surface area (Å²) in [5.41, 5.74) is 2.05. The number of pyridine rings is 1. The van der Waals surface area contributed by atoms with Gasteiger partial charge in [0.05, 0.1) is 28.8 Å². The maximum absolute atomic E-state index is 15.6. The van der Waals surface area contributed by atoms with Gasteiger partial charge in [0.15, 0.2) is 11.5 Å². The number of nitrogens with zero attached hydrogens (tertiary/aromatic N) is 4. The number of hydrogen-bond donors (Lipinski definition) is 1. The van der Waals surface area contributed by atoms with Gasteiger partial charge in [0, 0.05) is 46.9 Å². The predicted molar refractivity (Wildman–Crippen MR) is 161 cm³/mol. The summed E-state index contributed by atoms with van der Waals surface area (Å²) in [6.45, 7) is 1.89. The van der Waals surface area contributed by atoms with E-state index in [1.54, 1.807) is 43.6 Å². The summed E-state index contributed by atoms with van der Waals surface area (Å²) in [6.07, 6.45) is 6.56. The van der Waals surface area contributed by atoms with Gasteiger partial charge in [0.25, 0.3) is 10.0 Å². The Labute approximate surface area is 245 Å². The van der Waals surface area contributed by atoms with E-state index >= 15 is 4.39 Å². The van der Waals surface area contributed by atoms with Gasteiger partial charge in [-0.1, -0.05) is 17.7 Å². The first-order valence-corrected chi connectivity index (χ1v) is 15.7. The minimum absolute atomic E-state index is 0.0876. The smallest absolute Gasteiger partial charge is 0.269 e. The van der Waals surface area contributed by atoms with E-state index in [0.717, 1.165) is 29.1 Å². The molecule has 1 aliphatic rings. The van der Waals surface area contributed by atoms with Crippen LogP contribution < -0.4 is 4.74 Å². The van der Waals surface area contributed by atoms with E-state index in [1.807, 2.05) is 42.9 Å². The Morgan fingerprint density at radius 3 is 2.50 bits per heavy atom. The van der Waals surface area contributed by atoms with Gasteiger partial charge in [0.2, 0.25) is 0 Å². The number of aryl methyl sites for hydroxylation is 2. The lowest BCUT2D eigenvalue weighted by molar-refractivity contribution is -0.0389. The summed E-state index contributed by atoms with van der Waals surface area (Å²) in [6, 6.07) is 13.9. The second kappa shape index (κ2) is 9.48. The standard InChI is InChI=1S/C31H27FN4O4S2/c1-18-5-8-20(9-6-18)42(38,39)36-26(23-17-35(2)25-10-7-19(40-3)13-21(23)25)14-22-28(24(32)15-33-29(22)36)27-16-34-30(41-27)31(37)11-4-12-31/h5-10,13-17,37H,4,11-12H2,1-3H3. The van der Waals surface area contributed by atoms with Gasteiger partial charge in [-0.15, -0.1) is 11.3 Å². The van der Waals surface area contributed by atoms with Crippen molar-refractivity contribution in [1.29, 1.82) is 0 Å². The normalized spacial score (nSPS) is 14.9. The van der Waals surface area contributed by atoms with Crippen LogP contribution >= 0.6 is 11.3 Å². The number of hydrogen-bond acceptors (Lipinski definition) is 7. The summed E-state index contributed by atoms with van der Waals surface area (Å²) in [5.74, 6) is 0.0179. The fourth-order valence-corrected chi connectivity index (χ4v) is 8.23. The van der Waals surface area contributed by atoms with Gasteiger partial charge in [-0.25, -0.2) is 26.7 Å². The fourth-order valence-electron chi connectivity index (χ4n) is 5.63. The van der Waals surface area contributed by atoms with Gasteiger partial charge < -0.3 is 14.4 Å². The first kappa shape index (κ1) is 26.8. The third-order valence-corrected chi connectivity index (χ3v) is 11.0. The summed E-state index contributed by atoms with van der Waals surface area (Å²) in [4.78, 5) is 9.35. The molecule has 7 rings (SSSR count). The molecule has 0 aliphatic heterocycles. The number of ether oxygens (including phenoxy) is 1. The molecule has 1 aliphatic carbocycles. The van der Waals surface area contributed by atoms with Crippen molar-refractivity contribution in [2.24, 2.45) is 7.05 Å². The zero-order valence-electron chi connectivity index (χ0n) is 23.1. The van der Waals surface area contributed by atoms with Crippen LogP contribution in [0, 0.1) is 12.7 Å². The minimum atomic E-state index is -4.18. The highest BCUT2D eigenvalue weighted by Gasteiger charge is 2.39. The fraction of sp³-hybridized carbons (Fsp3) is 0.226. The van der Waals surface area contributed by atoms with Crippen molar-refractivity contribution in [3.63, 3.8) is 0 Å². The van der Waals surface area contributed by atoms with E-state index in [-0.39, 0.29) is 16.1 Å². The maximum atomic E-state index is 15.6. The van der Waals surface area contributed by atoms with Crippen molar-refractivity contribution in [3.8, 4) is 27.4 Å². The molecule has 2 aromatic carbocycles. The second-order valence-corrected chi connectivity index (χ2v) is 13.6. The number of halogens is 1. The van der Waals surface area contributed by atoms with Crippen LogP contribution in [-0.4, -0.2) is 39.1 Å². The van der Waals surface area contributed by atoms with Gasteiger partial charge in [-0.05, 0) is 62.6 Å². The number of benzene rings is 2. The lowest BCUT2D eigenvalue weighted by Gasteiger charge is -2.34. The Hall–Kier alpha value is -4.06. The molecule has 4 aromatic heterocycles. The predicted octanol–water partition coefficient (Wildman–Crippen LogP) is 6.38. The van der Waals surface area contributed by atoms with E-state index in [9.17, 15) is 13.5 Å². The highest BCUT2D eigenvalue weighted by Crippen LogP contribution is 2.46. The average Bonchev–Trinajstić information content (AvgIpc) is 3.68. The van der Waals surface area contributed by atoms with Crippen LogP contribution in [0.4, 0.5) is 4.39 Å². The SMILES string of the molecule is COc1ccc2c(c1)c(-c1cc3c(-c4cnc(C5(O)CCC5)s4)c(F)cnc3n1S(=O)(=O)c1ccc(C)cc1)cn2C. The van der Waals surface area contributed by atoms with E-state index < -0.39 is 21.4 Å². The van der Waals surface area contributed by atoms with Gasteiger partial charge in [-0.3, -0.25) is 0 Å². The van der Waals surface area contributed by atoms with Crippen LogP contribution in [0.15, 0.2) is 72.0 Å². The Bertz CT molecular complexity index is 2120. The van der Waals surface area contributed by atoms with Crippen molar-refractivity contribution >= 4 is 43.3 Å². The number of fused-ring (bicyclic) bond motifs is 2. The van der Waals surface area contributed by atoms with Crippen molar-refractivity contribution in [2.45, 2.75) is 36.7 Å². The molecule has 11 heteroatoms. The number of aromatic nitrogens is 4. The molecule has 1 N–H and O–H groups in total. The molecular weight excluding hydrogens is 575 g/mol. The molecule has 4 heterocycles. The quantitative estimate of drug-likeness (QED) is 0.237. The molecule has 8 nitrogen and oxygen atoms in total. The molecule has 0 bridgehead atoms. The molecule has 0 saturated heterocycles. The van der Waals surface area contributed by atoms with Crippen LogP contribution in [0.2, 0.25) is 0 Å². The molecule has 1 saturated carbocycles. The third kappa shape index (κ3) is 3.98. The van der Waals surface area contributed by atoms with E-state index in [0.29, 0.717) is 45.1 Å². The van der Waals surface area contributed by atoms with Crippen molar-refractivity contribution < 1.29 is 22.7 Å². The van der Waals surface area contributed by atoms with E-state index in [1.165, 1.54) is 15.3 Å². The molecule has 0 amide bonds. The Balaban J connectivity index is 1.55. The van der Waals surface area contributed by atoms with E-state index in [2.05, 4.69) is 9.97 Å². The minimum Gasteiger partial charge on any atom is -0.497 e.